The van der Waals surface area contributed by atoms with Crippen LogP contribution in [0.4, 0.5) is 0 Å². The van der Waals surface area contributed by atoms with Gasteiger partial charge in [0.15, 0.2) is 0 Å². The number of amides is 1. The first kappa shape index (κ1) is 21.4. The van der Waals surface area contributed by atoms with Gasteiger partial charge in [0.1, 0.15) is 0 Å². The first-order chi connectivity index (χ1) is 14.6. The van der Waals surface area contributed by atoms with E-state index in [0.29, 0.717) is 32.2 Å². The Kier molecular flexibility index (Phi) is 7.08. The molecule has 2 saturated heterocycles. The zero-order valence-corrected chi connectivity index (χ0v) is 18.5. The Morgan fingerprint density at radius 1 is 1.07 bits per heavy atom. The standard InChI is InChI=1S/C25H31ClN2O2/c1-2-19-6-8-21(9-7-19)22-15-23(25(29)28-10-12-30-13-11-28)18-27(17-22)16-20-4-3-5-24(26)14-20/h3-9,14,22-23H,2,10-13,15-18H2,1H3. The summed E-state index contributed by atoms with van der Waals surface area (Å²) in [5.74, 6) is 0.662. The van der Waals surface area contributed by atoms with Crippen molar-refractivity contribution in [2.45, 2.75) is 32.2 Å². The highest BCUT2D eigenvalue weighted by Crippen LogP contribution is 2.32. The summed E-state index contributed by atoms with van der Waals surface area (Å²) in [4.78, 5) is 17.7. The molecule has 1 amide bonds. The molecule has 2 aromatic carbocycles. The number of hydrogen-bond acceptors (Lipinski definition) is 3. The molecule has 2 unspecified atom stereocenters. The smallest absolute Gasteiger partial charge is 0.227 e. The molecule has 2 aliphatic heterocycles. The maximum absolute atomic E-state index is 13.3. The molecular formula is C25H31ClN2O2. The zero-order valence-electron chi connectivity index (χ0n) is 17.7. The van der Waals surface area contributed by atoms with E-state index in [0.717, 1.165) is 37.5 Å². The number of halogens is 1. The molecule has 0 saturated carbocycles. The van der Waals surface area contributed by atoms with Gasteiger partial charge in [-0.05, 0) is 47.6 Å². The van der Waals surface area contributed by atoms with Crippen LogP contribution in [0.25, 0.3) is 0 Å². The van der Waals surface area contributed by atoms with Crippen molar-refractivity contribution in [2.24, 2.45) is 5.92 Å². The summed E-state index contributed by atoms with van der Waals surface area (Å²) in [6, 6.07) is 17.0. The molecule has 0 spiro atoms. The Bertz CT molecular complexity index is 848. The van der Waals surface area contributed by atoms with Gasteiger partial charge in [-0.25, -0.2) is 0 Å². The largest absolute Gasteiger partial charge is 0.378 e. The Hall–Kier alpha value is -1.88. The third-order valence-electron chi connectivity index (χ3n) is 6.35. The fourth-order valence-electron chi connectivity index (χ4n) is 4.70. The van der Waals surface area contributed by atoms with E-state index in [1.807, 2.05) is 23.1 Å². The minimum absolute atomic E-state index is 0.0203. The number of hydrogen-bond donors (Lipinski definition) is 0. The monoisotopic (exact) mass is 426 g/mol. The molecule has 2 aromatic rings. The molecule has 0 aromatic heterocycles. The lowest BCUT2D eigenvalue weighted by Gasteiger charge is -2.40. The predicted octanol–water partition coefficient (Wildman–Crippen LogP) is 4.37. The van der Waals surface area contributed by atoms with Gasteiger partial charge in [0.25, 0.3) is 0 Å². The Morgan fingerprint density at radius 3 is 2.53 bits per heavy atom. The van der Waals surface area contributed by atoms with Crippen LogP contribution in [0.3, 0.4) is 0 Å². The SMILES string of the molecule is CCc1ccc(C2CC(C(=O)N3CCOCC3)CN(Cc3cccc(Cl)c3)C2)cc1. The second kappa shape index (κ2) is 9.95. The number of rotatable bonds is 5. The van der Waals surface area contributed by atoms with Crippen LogP contribution in [0.1, 0.15) is 36.0 Å². The lowest BCUT2D eigenvalue weighted by Crippen LogP contribution is -2.49. The zero-order chi connectivity index (χ0) is 20.9. The van der Waals surface area contributed by atoms with Crippen molar-refractivity contribution >= 4 is 17.5 Å². The van der Waals surface area contributed by atoms with E-state index >= 15 is 0 Å². The van der Waals surface area contributed by atoms with Gasteiger partial charge in [-0.15, -0.1) is 0 Å². The van der Waals surface area contributed by atoms with Crippen molar-refractivity contribution in [1.29, 1.82) is 0 Å². The van der Waals surface area contributed by atoms with Crippen molar-refractivity contribution in [1.82, 2.24) is 9.80 Å². The maximum Gasteiger partial charge on any atom is 0.227 e. The van der Waals surface area contributed by atoms with Crippen molar-refractivity contribution in [3.8, 4) is 0 Å². The fourth-order valence-corrected chi connectivity index (χ4v) is 4.91. The van der Waals surface area contributed by atoms with Crippen LogP contribution in [-0.4, -0.2) is 55.1 Å². The van der Waals surface area contributed by atoms with Crippen molar-refractivity contribution in [2.75, 3.05) is 39.4 Å². The highest BCUT2D eigenvalue weighted by atomic mass is 35.5. The molecule has 2 aliphatic rings. The lowest BCUT2D eigenvalue weighted by molar-refractivity contribution is -0.141. The number of carbonyl (C=O) groups is 1. The number of benzene rings is 2. The molecule has 5 heteroatoms. The number of ether oxygens (including phenoxy) is 1. The van der Waals surface area contributed by atoms with E-state index in [2.05, 4.69) is 42.2 Å². The Labute approximate surface area is 184 Å². The quantitative estimate of drug-likeness (QED) is 0.711. The molecule has 2 fully saturated rings. The van der Waals surface area contributed by atoms with Crippen LogP contribution < -0.4 is 0 Å². The summed E-state index contributed by atoms with van der Waals surface area (Å²) in [5.41, 5.74) is 3.89. The molecule has 0 radical (unpaired) electrons. The van der Waals surface area contributed by atoms with E-state index in [1.54, 1.807) is 0 Å². The Morgan fingerprint density at radius 2 is 1.83 bits per heavy atom. The highest BCUT2D eigenvalue weighted by Gasteiger charge is 2.35. The Balaban J connectivity index is 1.53. The molecule has 4 rings (SSSR count). The summed E-state index contributed by atoms with van der Waals surface area (Å²) in [6.45, 7) is 7.46. The first-order valence-corrected chi connectivity index (χ1v) is 11.4. The van der Waals surface area contributed by atoms with Gasteiger partial charge in [-0.1, -0.05) is 54.9 Å². The maximum atomic E-state index is 13.3. The minimum Gasteiger partial charge on any atom is -0.378 e. The molecule has 2 atom stereocenters. The van der Waals surface area contributed by atoms with Gasteiger partial charge < -0.3 is 9.64 Å². The van der Waals surface area contributed by atoms with Crippen LogP contribution >= 0.6 is 11.6 Å². The molecule has 0 aliphatic carbocycles. The minimum atomic E-state index is 0.0203. The average Bonchev–Trinajstić information content (AvgIpc) is 2.79. The third kappa shape index (κ3) is 5.23. The van der Waals surface area contributed by atoms with E-state index in [-0.39, 0.29) is 11.8 Å². The number of carbonyl (C=O) groups excluding carboxylic acids is 1. The van der Waals surface area contributed by atoms with E-state index in [9.17, 15) is 4.79 Å². The number of likely N-dealkylation sites (tertiary alicyclic amines) is 1. The van der Waals surface area contributed by atoms with Gasteiger partial charge in [0.2, 0.25) is 5.91 Å². The van der Waals surface area contributed by atoms with Gasteiger partial charge in [-0.3, -0.25) is 9.69 Å². The summed E-state index contributed by atoms with van der Waals surface area (Å²) in [5, 5.41) is 0.761. The van der Waals surface area contributed by atoms with Crippen LogP contribution in [0, 0.1) is 5.92 Å². The average molecular weight is 427 g/mol. The van der Waals surface area contributed by atoms with Gasteiger partial charge in [-0.2, -0.15) is 0 Å². The molecule has 4 nitrogen and oxygen atoms in total. The van der Waals surface area contributed by atoms with Crippen molar-refractivity contribution < 1.29 is 9.53 Å². The fraction of sp³-hybridized carbons (Fsp3) is 0.480. The number of morpholine rings is 1. The van der Waals surface area contributed by atoms with Crippen molar-refractivity contribution in [3.05, 3.63) is 70.2 Å². The summed E-state index contributed by atoms with van der Waals surface area (Å²) < 4.78 is 5.44. The number of nitrogens with zero attached hydrogens (tertiary/aromatic N) is 2. The normalized spacial score (nSPS) is 22.8. The lowest BCUT2D eigenvalue weighted by atomic mass is 9.83. The van der Waals surface area contributed by atoms with Crippen LogP contribution in [0.5, 0.6) is 0 Å². The predicted molar refractivity (Wildman–Crippen MR) is 121 cm³/mol. The second-order valence-corrected chi connectivity index (χ2v) is 8.92. The topological polar surface area (TPSA) is 32.8 Å². The van der Waals surface area contributed by atoms with Gasteiger partial charge in [0, 0.05) is 37.7 Å². The van der Waals surface area contributed by atoms with Crippen molar-refractivity contribution in [3.63, 3.8) is 0 Å². The molecule has 0 N–H and O–H groups in total. The van der Waals surface area contributed by atoms with Crippen LogP contribution in [-0.2, 0) is 22.5 Å². The van der Waals surface area contributed by atoms with Gasteiger partial charge in [0.05, 0.1) is 19.1 Å². The second-order valence-electron chi connectivity index (χ2n) is 8.49. The third-order valence-corrected chi connectivity index (χ3v) is 6.59. The van der Waals surface area contributed by atoms with Crippen LogP contribution in [0.15, 0.2) is 48.5 Å². The molecule has 30 heavy (non-hydrogen) atoms. The molecule has 2 heterocycles. The number of piperidine rings is 1. The molecule has 0 bridgehead atoms. The van der Waals surface area contributed by atoms with E-state index < -0.39 is 0 Å². The first-order valence-electron chi connectivity index (χ1n) is 11.0. The highest BCUT2D eigenvalue weighted by molar-refractivity contribution is 6.30. The molecular weight excluding hydrogens is 396 g/mol. The number of aryl methyl sites for hydroxylation is 1. The summed E-state index contributed by atoms with van der Waals surface area (Å²) >= 11 is 6.21. The summed E-state index contributed by atoms with van der Waals surface area (Å²) in [7, 11) is 0. The van der Waals surface area contributed by atoms with E-state index in [4.69, 9.17) is 16.3 Å². The van der Waals surface area contributed by atoms with Gasteiger partial charge >= 0.3 is 0 Å². The molecule has 160 valence electrons. The summed E-state index contributed by atoms with van der Waals surface area (Å²) in [6.07, 6.45) is 1.96. The van der Waals surface area contributed by atoms with Crippen LogP contribution in [0.2, 0.25) is 5.02 Å². The van der Waals surface area contributed by atoms with E-state index in [1.165, 1.54) is 16.7 Å².